The molecule has 192 valence electrons. The molecule has 1 saturated heterocycles. The predicted octanol–water partition coefficient (Wildman–Crippen LogP) is 4.31. The van der Waals surface area contributed by atoms with Crippen LogP contribution in [-0.4, -0.2) is 55.6 Å². The van der Waals surface area contributed by atoms with Gasteiger partial charge in [-0.1, -0.05) is 11.6 Å². The van der Waals surface area contributed by atoms with Gasteiger partial charge in [0.25, 0.3) is 0 Å². The highest BCUT2D eigenvalue weighted by molar-refractivity contribution is 7.92. The number of piperazine rings is 1. The second-order valence-electron chi connectivity index (χ2n) is 8.63. The van der Waals surface area contributed by atoms with Gasteiger partial charge in [-0.2, -0.15) is 5.10 Å². The smallest absolute Gasteiger partial charge is 0.229 e. The fourth-order valence-electron chi connectivity index (χ4n) is 4.28. The van der Waals surface area contributed by atoms with Crippen molar-refractivity contribution < 1.29 is 17.2 Å². The van der Waals surface area contributed by atoms with Crippen molar-refractivity contribution in [2.75, 3.05) is 42.1 Å². The molecule has 4 aromatic rings. The summed E-state index contributed by atoms with van der Waals surface area (Å²) in [6.07, 6.45) is 5.54. The van der Waals surface area contributed by atoms with E-state index in [0.717, 1.165) is 38.1 Å². The molecule has 0 spiro atoms. The molecule has 2 aromatic carbocycles. The summed E-state index contributed by atoms with van der Waals surface area (Å²) >= 11 is 6.23. The SMILES string of the molecule is CS(=O)(=O)Nc1cc(Cl)cc(-c2cn(-c3ccc(N4CCNCC4)cc3F)nc2-c2ccncc2)c1F. The van der Waals surface area contributed by atoms with E-state index >= 15 is 8.78 Å². The van der Waals surface area contributed by atoms with Crippen LogP contribution in [0.15, 0.2) is 61.1 Å². The first-order valence-electron chi connectivity index (χ1n) is 11.4. The topological polar surface area (TPSA) is 92.2 Å². The molecule has 5 rings (SSSR count). The Morgan fingerprint density at radius 1 is 1.03 bits per heavy atom. The largest absolute Gasteiger partial charge is 0.369 e. The Morgan fingerprint density at radius 3 is 2.43 bits per heavy atom. The number of hydrogen-bond acceptors (Lipinski definition) is 6. The minimum absolute atomic E-state index is 0.00885. The van der Waals surface area contributed by atoms with E-state index in [2.05, 4.69) is 25.0 Å². The zero-order valence-electron chi connectivity index (χ0n) is 19.7. The lowest BCUT2D eigenvalue weighted by molar-refractivity contribution is 0.582. The first kappa shape index (κ1) is 25.1. The molecule has 0 radical (unpaired) electrons. The molecule has 3 heterocycles. The summed E-state index contributed by atoms with van der Waals surface area (Å²) < 4.78 is 58.0. The summed E-state index contributed by atoms with van der Waals surface area (Å²) in [7, 11) is -3.77. The number of nitrogens with one attached hydrogen (secondary N) is 2. The summed E-state index contributed by atoms with van der Waals surface area (Å²) in [5.41, 5.74) is 1.91. The van der Waals surface area contributed by atoms with Gasteiger partial charge in [0.2, 0.25) is 10.0 Å². The van der Waals surface area contributed by atoms with E-state index < -0.39 is 21.7 Å². The molecule has 0 bridgehead atoms. The fraction of sp³-hybridized carbons (Fsp3) is 0.200. The van der Waals surface area contributed by atoms with Gasteiger partial charge in [0.05, 0.1) is 11.9 Å². The average Bonchev–Trinajstić information content (AvgIpc) is 3.31. The fourth-order valence-corrected chi connectivity index (χ4v) is 5.04. The second kappa shape index (κ2) is 10.1. The minimum atomic E-state index is -3.77. The summed E-state index contributed by atoms with van der Waals surface area (Å²) in [6.45, 7) is 3.19. The van der Waals surface area contributed by atoms with Gasteiger partial charge in [0.15, 0.2) is 11.6 Å². The van der Waals surface area contributed by atoms with Gasteiger partial charge in [-0.05, 0) is 42.5 Å². The van der Waals surface area contributed by atoms with E-state index in [-0.39, 0.29) is 22.0 Å². The molecule has 0 aliphatic carbocycles. The van der Waals surface area contributed by atoms with Gasteiger partial charge in [-0.3, -0.25) is 9.71 Å². The van der Waals surface area contributed by atoms with E-state index in [1.54, 1.807) is 30.6 Å². The van der Waals surface area contributed by atoms with Gasteiger partial charge in [0, 0.05) is 72.2 Å². The number of rotatable bonds is 6. The van der Waals surface area contributed by atoms with Crippen LogP contribution in [0, 0.1) is 11.6 Å². The summed E-state index contributed by atoms with van der Waals surface area (Å²) in [5.74, 6) is -1.32. The summed E-state index contributed by atoms with van der Waals surface area (Å²) in [5, 5.41) is 7.96. The molecule has 1 aliphatic heterocycles. The van der Waals surface area contributed by atoms with E-state index in [1.807, 2.05) is 6.07 Å². The molecule has 12 heteroatoms. The zero-order chi connectivity index (χ0) is 26.2. The molecular weight excluding hydrogens is 522 g/mol. The van der Waals surface area contributed by atoms with Crippen molar-refractivity contribution >= 4 is 33.0 Å². The Labute approximate surface area is 218 Å². The van der Waals surface area contributed by atoms with Crippen molar-refractivity contribution in [1.82, 2.24) is 20.1 Å². The number of pyridine rings is 1. The van der Waals surface area contributed by atoms with Crippen LogP contribution in [0.2, 0.25) is 5.02 Å². The van der Waals surface area contributed by atoms with Gasteiger partial charge in [-0.15, -0.1) is 0 Å². The number of nitrogens with zero attached hydrogens (tertiary/aromatic N) is 4. The van der Waals surface area contributed by atoms with Crippen LogP contribution in [0.25, 0.3) is 28.1 Å². The van der Waals surface area contributed by atoms with Crippen molar-refractivity contribution in [2.45, 2.75) is 0 Å². The lowest BCUT2D eigenvalue weighted by Crippen LogP contribution is -2.43. The van der Waals surface area contributed by atoms with Crippen LogP contribution >= 0.6 is 11.6 Å². The third-order valence-corrected chi connectivity index (χ3v) is 6.76. The Hall–Kier alpha value is -3.54. The van der Waals surface area contributed by atoms with Gasteiger partial charge in [0.1, 0.15) is 11.4 Å². The van der Waals surface area contributed by atoms with Crippen LogP contribution in [0.1, 0.15) is 0 Å². The molecule has 1 fully saturated rings. The lowest BCUT2D eigenvalue weighted by atomic mass is 10.0. The molecule has 0 atom stereocenters. The quantitative estimate of drug-likeness (QED) is 0.376. The Kier molecular flexibility index (Phi) is 6.84. The van der Waals surface area contributed by atoms with Crippen LogP contribution in [0.3, 0.4) is 0 Å². The maximum Gasteiger partial charge on any atom is 0.229 e. The molecular formula is C25H23ClF2N6O2S. The first-order chi connectivity index (χ1) is 17.7. The lowest BCUT2D eigenvalue weighted by Gasteiger charge is -2.29. The number of sulfonamides is 1. The first-order valence-corrected chi connectivity index (χ1v) is 13.7. The molecule has 1 aliphatic rings. The number of benzene rings is 2. The summed E-state index contributed by atoms with van der Waals surface area (Å²) in [4.78, 5) is 6.11. The highest BCUT2D eigenvalue weighted by Gasteiger charge is 2.22. The predicted molar refractivity (Wildman–Crippen MR) is 141 cm³/mol. The van der Waals surface area contributed by atoms with Crippen LogP contribution < -0.4 is 14.9 Å². The van der Waals surface area contributed by atoms with Crippen LogP contribution in [0.5, 0.6) is 0 Å². The molecule has 0 unspecified atom stereocenters. The maximum atomic E-state index is 15.6. The molecule has 37 heavy (non-hydrogen) atoms. The highest BCUT2D eigenvalue weighted by atomic mass is 35.5. The number of aromatic nitrogens is 3. The Morgan fingerprint density at radius 2 is 1.76 bits per heavy atom. The van der Waals surface area contributed by atoms with E-state index in [9.17, 15) is 8.42 Å². The third-order valence-electron chi connectivity index (χ3n) is 5.95. The molecule has 8 nitrogen and oxygen atoms in total. The average molecular weight is 545 g/mol. The normalized spacial score (nSPS) is 14.1. The minimum Gasteiger partial charge on any atom is -0.369 e. The van der Waals surface area contributed by atoms with Crippen molar-refractivity contribution in [3.05, 3.63) is 77.7 Å². The van der Waals surface area contributed by atoms with Crippen LogP contribution in [0.4, 0.5) is 20.2 Å². The van der Waals surface area contributed by atoms with Crippen molar-refractivity contribution in [1.29, 1.82) is 0 Å². The Balaban J connectivity index is 1.64. The van der Waals surface area contributed by atoms with E-state index in [0.29, 0.717) is 16.8 Å². The van der Waals surface area contributed by atoms with Crippen molar-refractivity contribution in [3.8, 4) is 28.1 Å². The zero-order valence-corrected chi connectivity index (χ0v) is 21.3. The third kappa shape index (κ3) is 5.43. The van der Waals surface area contributed by atoms with E-state index in [1.165, 1.54) is 29.1 Å². The highest BCUT2D eigenvalue weighted by Crippen LogP contribution is 2.38. The van der Waals surface area contributed by atoms with Crippen molar-refractivity contribution in [3.63, 3.8) is 0 Å². The van der Waals surface area contributed by atoms with Gasteiger partial charge >= 0.3 is 0 Å². The van der Waals surface area contributed by atoms with Gasteiger partial charge in [-0.25, -0.2) is 21.9 Å². The van der Waals surface area contributed by atoms with Crippen molar-refractivity contribution in [2.24, 2.45) is 0 Å². The van der Waals surface area contributed by atoms with Gasteiger partial charge < -0.3 is 10.2 Å². The standard InChI is InChI=1S/C25H23ClF2N6O2S/c1-37(35,36)32-22-13-17(26)12-19(24(22)28)20-15-34(31-25(20)16-4-6-29-7-5-16)23-3-2-18(14-21(23)27)33-10-8-30-9-11-33/h2-7,12-15,30,32H,8-11H2,1H3. The number of hydrogen-bond donors (Lipinski definition) is 2. The molecule has 2 N–H and O–H groups in total. The molecule has 2 aromatic heterocycles. The molecule has 0 amide bonds. The van der Waals surface area contributed by atoms with Crippen LogP contribution in [-0.2, 0) is 10.0 Å². The maximum absolute atomic E-state index is 15.6. The Bertz CT molecular complexity index is 1560. The number of halogens is 3. The second-order valence-corrected chi connectivity index (χ2v) is 10.8. The summed E-state index contributed by atoms with van der Waals surface area (Å²) in [6, 6.07) is 10.9. The number of anilines is 2. The van der Waals surface area contributed by atoms with E-state index in [4.69, 9.17) is 11.6 Å². The molecule has 0 saturated carbocycles. The monoisotopic (exact) mass is 544 g/mol.